The van der Waals surface area contributed by atoms with Crippen LogP contribution in [0, 0.1) is 5.82 Å². The van der Waals surface area contributed by atoms with Crippen LogP contribution >= 0.6 is 11.6 Å². The normalized spacial score (nSPS) is 12.2. The van der Waals surface area contributed by atoms with Crippen LogP contribution in [-0.2, 0) is 6.54 Å². The van der Waals surface area contributed by atoms with Gasteiger partial charge in [-0.2, -0.15) is 0 Å². The minimum absolute atomic E-state index is 0.0567. The van der Waals surface area contributed by atoms with E-state index in [1.54, 1.807) is 19.2 Å². The highest BCUT2D eigenvalue weighted by Crippen LogP contribution is 2.25. The summed E-state index contributed by atoms with van der Waals surface area (Å²) in [4.78, 5) is 0. The van der Waals surface area contributed by atoms with Crippen LogP contribution in [0.4, 0.5) is 4.39 Å². The van der Waals surface area contributed by atoms with Crippen LogP contribution in [0.5, 0.6) is 5.75 Å². The van der Waals surface area contributed by atoms with Crippen molar-refractivity contribution in [2.75, 3.05) is 7.11 Å². The molecule has 0 heterocycles. The molecule has 106 valence electrons. The Balaban J connectivity index is 2.06. The molecule has 2 nitrogen and oxygen atoms in total. The molecule has 0 saturated heterocycles. The molecule has 0 bridgehead atoms. The summed E-state index contributed by atoms with van der Waals surface area (Å²) in [6, 6.07) is 12.6. The molecule has 2 aromatic rings. The van der Waals surface area contributed by atoms with Crippen LogP contribution in [0.1, 0.15) is 24.1 Å². The van der Waals surface area contributed by atoms with Gasteiger partial charge in [0.2, 0.25) is 0 Å². The van der Waals surface area contributed by atoms with Gasteiger partial charge in [0, 0.05) is 28.7 Å². The molecule has 0 amide bonds. The minimum atomic E-state index is -0.294. The number of methoxy groups -OCH3 is 1. The van der Waals surface area contributed by atoms with Gasteiger partial charge in [-0.05, 0) is 25.1 Å². The van der Waals surface area contributed by atoms with Crippen molar-refractivity contribution in [3.63, 3.8) is 0 Å². The number of rotatable bonds is 5. The second kappa shape index (κ2) is 6.73. The van der Waals surface area contributed by atoms with E-state index in [0.717, 1.165) is 11.3 Å². The van der Waals surface area contributed by atoms with Crippen LogP contribution < -0.4 is 10.1 Å². The number of benzene rings is 2. The number of ether oxygens (including phenoxy) is 1. The van der Waals surface area contributed by atoms with E-state index in [4.69, 9.17) is 16.3 Å². The summed E-state index contributed by atoms with van der Waals surface area (Å²) in [6.45, 7) is 2.45. The first-order chi connectivity index (χ1) is 9.61. The van der Waals surface area contributed by atoms with E-state index in [1.165, 1.54) is 6.07 Å². The Bertz CT molecular complexity index is 588. The standard InChI is InChI=1S/C16H17ClFNO/c1-11(14-5-3-4-6-16(14)20-2)19-10-12-7-8-13(17)9-15(12)18/h3-9,11,19H,10H2,1-2H3. The molecule has 0 aliphatic rings. The lowest BCUT2D eigenvalue weighted by atomic mass is 10.1. The van der Waals surface area contributed by atoms with E-state index in [9.17, 15) is 4.39 Å². The smallest absolute Gasteiger partial charge is 0.129 e. The zero-order chi connectivity index (χ0) is 14.5. The van der Waals surface area contributed by atoms with E-state index in [0.29, 0.717) is 17.1 Å². The third-order valence-corrected chi connectivity index (χ3v) is 3.45. The van der Waals surface area contributed by atoms with Gasteiger partial charge >= 0.3 is 0 Å². The largest absolute Gasteiger partial charge is 0.496 e. The molecule has 0 aliphatic heterocycles. The fraction of sp³-hybridized carbons (Fsp3) is 0.250. The van der Waals surface area contributed by atoms with Crippen LogP contribution in [0.3, 0.4) is 0 Å². The maximum Gasteiger partial charge on any atom is 0.129 e. The zero-order valence-electron chi connectivity index (χ0n) is 11.5. The predicted octanol–water partition coefficient (Wildman–Crippen LogP) is 4.34. The zero-order valence-corrected chi connectivity index (χ0v) is 12.2. The average Bonchev–Trinajstić information content (AvgIpc) is 2.46. The lowest BCUT2D eigenvalue weighted by Crippen LogP contribution is -2.19. The third kappa shape index (κ3) is 3.50. The van der Waals surface area contributed by atoms with E-state index in [2.05, 4.69) is 5.32 Å². The van der Waals surface area contributed by atoms with E-state index < -0.39 is 0 Å². The van der Waals surface area contributed by atoms with E-state index in [-0.39, 0.29) is 11.9 Å². The highest BCUT2D eigenvalue weighted by atomic mass is 35.5. The molecule has 0 spiro atoms. The van der Waals surface area contributed by atoms with Gasteiger partial charge in [-0.15, -0.1) is 0 Å². The maximum atomic E-state index is 13.7. The third-order valence-electron chi connectivity index (χ3n) is 3.22. The van der Waals surface area contributed by atoms with Gasteiger partial charge < -0.3 is 10.1 Å². The molecule has 1 unspecified atom stereocenters. The molecule has 2 aromatic carbocycles. The van der Waals surface area contributed by atoms with Crippen molar-refractivity contribution in [2.45, 2.75) is 19.5 Å². The van der Waals surface area contributed by atoms with Crippen molar-refractivity contribution in [2.24, 2.45) is 0 Å². The fourth-order valence-electron chi connectivity index (χ4n) is 2.06. The van der Waals surface area contributed by atoms with Gasteiger partial charge in [0.05, 0.1) is 7.11 Å². The Morgan fingerprint density at radius 1 is 1.25 bits per heavy atom. The fourth-order valence-corrected chi connectivity index (χ4v) is 2.22. The number of hydrogen-bond acceptors (Lipinski definition) is 2. The van der Waals surface area contributed by atoms with E-state index in [1.807, 2.05) is 31.2 Å². The molecule has 1 N–H and O–H groups in total. The SMILES string of the molecule is COc1ccccc1C(C)NCc1ccc(Cl)cc1F. The Labute approximate surface area is 123 Å². The highest BCUT2D eigenvalue weighted by Gasteiger charge is 2.11. The Morgan fingerprint density at radius 3 is 2.70 bits per heavy atom. The van der Waals surface area contributed by atoms with Crippen LogP contribution in [0.25, 0.3) is 0 Å². The van der Waals surface area contributed by atoms with Crippen molar-refractivity contribution >= 4 is 11.6 Å². The quantitative estimate of drug-likeness (QED) is 0.885. The van der Waals surface area contributed by atoms with Crippen LogP contribution in [-0.4, -0.2) is 7.11 Å². The summed E-state index contributed by atoms with van der Waals surface area (Å²) in [5, 5.41) is 3.69. The lowest BCUT2D eigenvalue weighted by Gasteiger charge is -2.17. The molecular weight excluding hydrogens is 277 g/mol. The molecule has 1 atom stereocenters. The first kappa shape index (κ1) is 14.8. The Morgan fingerprint density at radius 2 is 2.00 bits per heavy atom. The van der Waals surface area contributed by atoms with Gasteiger partial charge in [-0.25, -0.2) is 4.39 Å². The van der Waals surface area contributed by atoms with Gasteiger partial charge in [0.15, 0.2) is 0 Å². The monoisotopic (exact) mass is 293 g/mol. The molecule has 0 saturated carbocycles. The molecule has 2 rings (SSSR count). The molecule has 0 aliphatic carbocycles. The summed E-state index contributed by atoms with van der Waals surface area (Å²) in [5.74, 6) is 0.529. The van der Waals surface area contributed by atoms with E-state index >= 15 is 0 Å². The topological polar surface area (TPSA) is 21.3 Å². The number of para-hydroxylation sites is 1. The van der Waals surface area contributed by atoms with Gasteiger partial charge in [-0.3, -0.25) is 0 Å². The van der Waals surface area contributed by atoms with Crippen molar-refractivity contribution in [3.8, 4) is 5.75 Å². The van der Waals surface area contributed by atoms with Crippen LogP contribution in [0.2, 0.25) is 5.02 Å². The second-order valence-corrected chi connectivity index (χ2v) is 5.02. The average molecular weight is 294 g/mol. The number of nitrogens with one attached hydrogen (secondary N) is 1. The summed E-state index contributed by atoms with van der Waals surface area (Å²) >= 11 is 5.74. The molecule has 20 heavy (non-hydrogen) atoms. The Kier molecular flexibility index (Phi) is 4.99. The summed E-state index contributed by atoms with van der Waals surface area (Å²) in [6.07, 6.45) is 0. The van der Waals surface area contributed by atoms with Gasteiger partial charge in [0.1, 0.15) is 11.6 Å². The Hall–Kier alpha value is -1.58. The molecule has 0 fully saturated rings. The molecular formula is C16H17ClFNO. The van der Waals surface area contributed by atoms with Crippen LogP contribution in [0.15, 0.2) is 42.5 Å². The molecule has 4 heteroatoms. The van der Waals surface area contributed by atoms with Crippen molar-refractivity contribution in [3.05, 3.63) is 64.4 Å². The first-order valence-corrected chi connectivity index (χ1v) is 6.80. The minimum Gasteiger partial charge on any atom is -0.496 e. The maximum absolute atomic E-state index is 13.7. The summed E-state index contributed by atoms with van der Waals surface area (Å²) < 4.78 is 19.0. The van der Waals surface area contributed by atoms with Crippen molar-refractivity contribution < 1.29 is 9.13 Å². The molecule has 0 aromatic heterocycles. The summed E-state index contributed by atoms with van der Waals surface area (Å²) in [5.41, 5.74) is 1.64. The number of hydrogen-bond donors (Lipinski definition) is 1. The highest BCUT2D eigenvalue weighted by molar-refractivity contribution is 6.30. The van der Waals surface area contributed by atoms with Crippen molar-refractivity contribution in [1.82, 2.24) is 5.32 Å². The van der Waals surface area contributed by atoms with Crippen molar-refractivity contribution in [1.29, 1.82) is 0 Å². The second-order valence-electron chi connectivity index (χ2n) is 4.58. The molecule has 0 radical (unpaired) electrons. The number of halogens is 2. The predicted molar refractivity (Wildman–Crippen MR) is 79.7 cm³/mol. The summed E-state index contributed by atoms with van der Waals surface area (Å²) in [7, 11) is 1.64. The first-order valence-electron chi connectivity index (χ1n) is 6.42. The van der Waals surface area contributed by atoms with Gasteiger partial charge in [-0.1, -0.05) is 35.9 Å². The van der Waals surface area contributed by atoms with Gasteiger partial charge in [0.25, 0.3) is 0 Å². The lowest BCUT2D eigenvalue weighted by molar-refractivity contribution is 0.401.